The van der Waals surface area contributed by atoms with E-state index in [1.54, 1.807) is 0 Å². The van der Waals surface area contributed by atoms with Crippen LogP contribution in [0.25, 0.3) is 0 Å². The zero-order chi connectivity index (χ0) is 27.8. The van der Waals surface area contributed by atoms with Crippen LogP contribution >= 0.6 is 0 Å². The minimum Gasteiger partial charge on any atom is -0.460 e. The number of aryl methyl sites for hydroxylation is 1. The van der Waals surface area contributed by atoms with E-state index in [9.17, 15) is 9.90 Å². The Bertz CT molecular complexity index is 1180. The molecule has 0 aromatic heterocycles. The molecule has 0 saturated carbocycles. The van der Waals surface area contributed by atoms with E-state index in [4.69, 9.17) is 4.74 Å². The summed E-state index contributed by atoms with van der Waals surface area (Å²) in [4.78, 5) is 17.8. The standard InChI is InChI=1S/C35H44N2O3/c1-28(34(38)40-27-30-14-7-3-8-15-30)37-25-32(33(26-37)31-17-9-4-10-18-31)24-36-22-20-35(39,21-23-36)19-11-16-29-12-5-2-6-13-29/h2-10,12-15,17-18,28,32-33,39H,11,16,19-27H2,1H3/t28-,32+,33-/m1/s1. The predicted molar refractivity (Wildman–Crippen MR) is 160 cm³/mol. The predicted octanol–water partition coefficient (Wildman–Crippen LogP) is 5.68. The van der Waals surface area contributed by atoms with Crippen LogP contribution in [0.4, 0.5) is 0 Å². The zero-order valence-corrected chi connectivity index (χ0v) is 23.8. The maximum absolute atomic E-state index is 13.0. The van der Waals surface area contributed by atoms with Crippen LogP contribution in [-0.2, 0) is 22.6 Å². The van der Waals surface area contributed by atoms with Crippen molar-refractivity contribution in [2.75, 3.05) is 32.7 Å². The highest BCUT2D eigenvalue weighted by Gasteiger charge is 2.40. The summed E-state index contributed by atoms with van der Waals surface area (Å²) in [5, 5.41) is 11.3. The first-order valence-corrected chi connectivity index (χ1v) is 15.0. The van der Waals surface area contributed by atoms with Crippen molar-refractivity contribution in [3.63, 3.8) is 0 Å². The van der Waals surface area contributed by atoms with Crippen LogP contribution in [0, 0.1) is 5.92 Å². The van der Waals surface area contributed by atoms with Gasteiger partial charge < -0.3 is 14.7 Å². The number of nitrogens with zero attached hydrogens (tertiary/aromatic N) is 2. The third kappa shape index (κ3) is 7.60. The second-order valence-electron chi connectivity index (χ2n) is 11.9. The second-order valence-corrected chi connectivity index (χ2v) is 11.9. The van der Waals surface area contributed by atoms with Crippen molar-refractivity contribution in [3.8, 4) is 0 Å². The molecule has 0 radical (unpaired) electrons. The van der Waals surface area contributed by atoms with Gasteiger partial charge in [-0.25, -0.2) is 0 Å². The Morgan fingerprint density at radius 2 is 1.50 bits per heavy atom. The van der Waals surface area contributed by atoms with E-state index in [1.165, 1.54) is 11.1 Å². The molecule has 5 rings (SSSR count). The minimum absolute atomic E-state index is 0.158. The molecule has 2 aliphatic heterocycles. The zero-order valence-electron chi connectivity index (χ0n) is 23.8. The van der Waals surface area contributed by atoms with Gasteiger partial charge in [0, 0.05) is 38.6 Å². The Balaban J connectivity index is 1.15. The first-order chi connectivity index (χ1) is 19.5. The quantitative estimate of drug-likeness (QED) is 0.317. The molecular formula is C35H44N2O3. The molecule has 3 aromatic carbocycles. The SMILES string of the molecule is C[C@H](C(=O)OCc1ccccc1)N1C[C@H](CN2CCC(O)(CCCc3ccccc3)CC2)[C@@H](c2ccccc2)C1. The number of piperidine rings is 1. The van der Waals surface area contributed by atoms with Gasteiger partial charge in [-0.05, 0) is 61.6 Å². The molecule has 2 aliphatic rings. The largest absolute Gasteiger partial charge is 0.460 e. The van der Waals surface area contributed by atoms with Crippen LogP contribution < -0.4 is 0 Å². The van der Waals surface area contributed by atoms with E-state index in [-0.39, 0.29) is 12.0 Å². The molecule has 0 aliphatic carbocycles. The van der Waals surface area contributed by atoms with Gasteiger partial charge in [-0.2, -0.15) is 0 Å². The summed E-state index contributed by atoms with van der Waals surface area (Å²) in [6.45, 7) is 6.86. The van der Waals surface area contributed by atoms with Gasteiger partial charge in [-0.3, -0.25) is 9.69 Å². The fraction of sp³-hybridized carbons (Fsp3) is 0.457. The van der Waals surface area contributed by atoms with Crippen LogP contribution in [-0.4, -0.2) is 65.2 Å². The van der Waals surface area contributed by atoms with Gasteiger partial charge in [0.1, 0.15) is 12.6 Å². The van der Waals surface area contributed by atoms with Crippen molar-refractivity contribution >= 4 is 5.97 Å². The number of hydrogen-bond acceptors (Lipinski definition) is 5. The number of rotatable bonds is 11. The third-order valence-corrected chi connectivity index (χ3v) is 9.04. The molecule has 5 heteroatoms. The maximum Gasteiger partial charge on any atom is 0.323 e. The number of carbonyl (C=O) groups excluding carboxylic acids is 1. The number of likely N-dealkylation sites (tertiary alicyclic amines) is 2. The smallest absolute Gasteiger partial charge is 0.323 e. The van der Waals surface area contributed by atoms with E-state index >= 15 is 0 Å². The molecule has 0 amide bonds. The number of ether oxygens (including phenoxy) is 1. The molecule has 212 valence electrons. The van der Waals surface area contributed by atoms with Gasteiger partial charge in [-0.1, -0.05) is 91.0 Å². The fourth-order valence-corrected chi connectivity index (χ4v) is 6.48. The van der Waals surface area contributed by atoms with E-state index in [0.29, 0.717) is 18.4 Å². The molecule has 0 spiro atoms. The van der Waals surface area contributed by atoms with E-state index in [2.05, 4.69) is 70.5 Å². The molecule has 3 atom stereocenters. The summed E-state index contributed by atoms with van der Waals surface area (Å²) < 4.78 is 5.69. The Labute approximate surface area is 239 Å². The van der Waals surface area contributed by atoms with E-state index < -0.39 is 5.60 Å². The molecule has 3 aromatic rings. The van der Waals surface area contributed by atoms with Gasteiger partial charge in [-0.15, -0.1) is 0 Å². The number of carbonyl (C=O) groups is 1. The Morgan fingerprint density at radius 3 is 2.15 bits per heavy atom. The molecule has 1 N–H and O–H groups in total. The van der Waals surface area contributed by atoms with Crippen LogP contribution in [0.2, 0.25) is 0 Å². The van der Waals surface area contributed by atoms with Crippen LogP contribution in [0.5, 0.6) is 0 Å². The summed E-state index contributed by atoms with van der Waals surface area (Å²) in [6.07, 6.45) is 4.57. The topological polar surface area (TPSA) is 53.0 Å². The Kier molecular flexibility index (Phi) is 9.69. The maximum atomic E-state index is 13.0. The average Bonchev–Trinajstić information content (AvgIpc) is 3.42. The summed E-state index contributed by atoms with van der Waals surface area (Å²) in [5.41, 5.74) is 3.14. The first-order valence-electron chi connectivity index (χ1n) is 15.0. The third-order valence-electron chi connectivity index (χ3n) is 9.04. The van der Waals surface area contributed by atoms with Crippen molar-refractivity contribution in [1.82, 2.24) is 9.80 Å². The monoisotopic (exact) mass is 540 g/mol. The summed E-state index contributed by atoms with van der Waals surface area (Å²) >= 11 is 0. The molecule has 2 heterocycles. The molecule has 0 unspecified atom stereocenters. The highest BCUT2D eigenvalue weighted by Crippen LogP contribution is 2.36. The highest BCUT2D eigenvalue weighted by molar-refractivity contribution is 5.75. The number of benzene rings is 3. The van der Waals surface area contributed by atoms with Crippen LogP contribution in [0.3, 0.4) is 0 Å². The normalized spacial score (nSPS) is 22.1. The summed E-state index contributed by atoms with van der Waals surface area (Å²) in [7, 11) is 0. The fourth-order valence-electron chi connectivity index (χ4n) is 6.48. The number of hydrogen-bond donors (Lipinski definition) is 1. The van der Waals surface area contributed by atoms with E-state index in [1.807, 2.05) is 37.3 Å². The second kappa shape index (κ2) is 13.6. The van der Waals surface area contributed by atoms with Gasteiger partial charge >= 0.3 is 5.97 Å². The molecule has 0 bridgehead atoms. The first kappa shape index (κ1) is 28.5. The lowest BCUT2D eigenvalue weighted by Crippen LogP contribution is -2.46. The number of aliphatic hydroxyl groups is 1. The van der Waals surface area contributed by atoms with Gasteiger partial charge in [0.05, 0.1) is 5.60 Å². The highest BCUT2D eigenvalue weighted by atomic mass is 16.5. The van der Waals surface area contributed by atoms with Crippen molar-refractivity contribution in [3.05, 3.63) is 108 Å². The summed E-state index contributed by atoms with van der Waals surface area (Å²) in [6, 6.07) is 30.9. The van der Waals surface area contributed by atoms with Crippen molar-refractivity contribution in [2.45, 2.75) is 63.2 Å². The van der Waals surface area contributed by atoms with Crippen LogP contribution in [0.15, 0.2) is 91.0 Å². The number of esters is 1. The Morgan fingerprint density at radius 1 is 0.900 bits per heavy atom. The van der Waals surface area contributed by atoms with Gasteiger partial charge in [0.15, 0.2) is 0 Å². The summed E-state index contributed by atoms with van der Waals surface area (Å²) in [5.74, 6) is 0.642. The van der Waals surface area contributed by atoms with E-state index in [0.717, 1.165) is 70.4 Å². The minimum atomic E-state index is -0.553. The van der Waals surface area contributed by atoms with Gasteiger partial charge in [0.2, 0.25) is 0 Å². The lowest BCUT2D eigenvalue weighted by atomic mass is 9.84. The molecule has 2 saturated heterocycles. The van der Waals surface area contributed by atoms with Crippen LogP contribution in [0.1, 0.15) is 55.2 Å². The molecule has 2 fully saturated rings. The Hall–Kier alpha value is -2.99. The van der Waals surface area contributed by atoms with Crippen molar-refractivity contribution in [2.24, 2.45) is 5.92 Å². The average molecular weight is 541 g/mol. The van der Waals surface area contributed by atoms with Gasteiger partial charge in [0.25, 0.3) is 0 Å². The van der Waals surface area contributed by atoms with Crippen molar-refractivity contribution in [1.29, 1.82) is 0 Å². The molecular weight excluding hydrogens is 496 g/mol. The van der Waals surface area contributed by atoms with Crippen molar-refractivity contribution < 1.29 is 14.6 Å². The lowest BCUT2D eigenvalue weighted by Gasteiger charge is -2.40. The lowest BCUT2D eigenvalue weighted by molar-refractivity contribution is -0.150. The molecule has 5 nitrogen and oxygen atoms in total. The molecule has 40 heavy (non-hydrogen) atoms.